The highest BCUT2D eigenvalue weighted by Crippen LogP contribution is 2.52. The Balaban J connectivity index is 1.91. The molecule has 0 radical (unpaired) electrons. The van der Waals surface area contributed by atoms with Crippen LogP contribution in [-0.2, 0) is 24.3 Å². The van der Waals surface area contributed by atoms with Crippen molar-refractivity contribution < 1.29 is 22.7 Å². The third kappa shape index (κ3) is 6.75. The fourth-order valence-electron chi connectivity index (χ4n) is 6.08. The Bertz CT molecular complexity index is 2350. The summed E-state index contributed by atoms with van der Waals surface area (Å²) >= 11 is 19.3. The average Bonchev–Trinajstić information content (AvgIpc) is 3.45. The lowest BCUT2D eigenvalue weighted by Gasteiger charge is -2.32. The lowest BCUT2D eigenvalue weighted by Crippen LogP contribution is -2.38. The molecular formula is C40H28Cl3N2O5PS. The van der Waals surface area contributed by atoms with Gasteiger partial charge in [0.15, 0.2) is 0 Å². The molecule has 0 unspecified atom stereocenters. The molecular weight excluding hydrogens is 758 g/mol. The Kier molecular flexibility index (Phi) is 10.6. The molecule has 0 spiro atoms. The molecule has 0 atom stereocenters. The molecule has 0 bridgehead atoms. The predicted molar refractivity (Wildman–Crippen MR) is 210 cm³/mol. The number of benzene rings is 5. The van der Waals surface area contributed by atoms with E-state index in [1.807, 2.05) is 6.92 Å². The molecule has 7 nitrogen and oxygen atoms in total. The van der Waals surface area contributed by atoms with Crippen LogP contribution < -0.4 is 15.9 Å². The maximum absolute atomic E-state index is 15.6. The zero-order valence-electron chi connectivity index (χ0n) is 27.6. The molecule has 5 aromatic rings. The highest BCUT2D eigenvalue weighted by molar-refractivity contribution is 7.97. The normalized spacial score (nSPS) is 13.5. The van der Waals surface area contributed by atoms with Gasteiger partial charge in [-0.2, -0.15) is 9.57 Å². The minimum atomic E-state index is -4.61. The minimum Gasteiger partial charge on any atom is -0.466 e. The first-order valence-electron chi connectivity index (χ1n) is 15.6. The van der Waals surface area contributed by atoms with Crippen LogP contribution in [0.5, 0.6) is 0 Å². The second kappa shape index (κ2) is 15.0. The number of carbonyl (C=O) groups excluding carboxylic acids is 2. The Morgan fingerprint density at radius 3 is 1.63 bits per heavy atom. The van der Waals surface area contributed by atoms with Crippen molar-refractivity contribution in [3.63, 3.8) is 0 Å². The number of hydrogen-bond donors (Lipinski definition) is 0. The number of nitriles is 1. The molecule has 1 aliphatic heterocycles. The number of esters is 1. The molecule has 12 heteroatoms. The molecule has 1 aliphatic rings. The van der Waals surface area contributed by atoms with Crippen molar-refractivity contribution in [2.75, 3.05) is 7.11 Å². The third-order valence-electron chi connectivity index (χ3n) is 8.51. The van der Waals surface area contributed by atoms with Crippen LogP contribution in [0.15, 0.2) is 144 Å². The van der Waals surface area contributed by atoms with E-state index in [1.165, 1.54) is 37.5 Å². The van der Waals surface area contributed by atoms with E-state index in [9.17, 15) is 18.5 Å². The highest BCUT2D eigenvalue weighted by atomic mass is 35.5. The van der Waals surface area contributed by atoms with Crippen molar-refractivity contribution in [1.29, 1.82) is 5.26 Å². The van der Waals surface area contributed by atoms with Gasteiger partial charge in [0.05, 0.1) is 34.6 Å². The Morgan fingerprint density at radius 1 is 0.750 bits per heavy atom. The van der Waals surface area contributed by atoms with Gasteiger partial charge in [0, 0.05) is 32.3 Å². The SMILES string of the molecule is COC(=O)/C=C/C1=C(c2ccc(C#N)cc2)N(S(=O)(=O)c2ccc(C)cc2)C(=O)C1=P(c1ccc(Cl)cc1)(c1ccc(Cl)cc1)c1ccc(Cl)cc1. The number of amides is 1. The van der Waals surface area contributed by atoms with Crippen LogP contribution in [0.25, 0.3) is 5.70 Å². The van der Waals surface area contributed by atoms with E-state index < -0.39 is 28.8 Å². The molecule has 1 amide bonds. The van der Waals surface area contributed by atoms with Gasteiger partial charge in [-0.1, -0.05) is 101 Å². The zero-order chi connectivity index (χ0) is 37.2. The fraction of sp³-hybridized carbons (Fsp3) is 0.0500. The lowest BCUT2D eigenvalue weighted by atomic mass is 10.0. The van der Waals surface area contributed by atoms with E-state index in [1.54, 1.807) is 97.1 Å². The molecule has 52 heavy (non-hydrogen) atoms. The number of sulfonamides is 1. The summed E-state index contributed by atoms with van der Waals surface area (Å²) in [4.78, 5) is 28.2. The molecule has 6 rings (SSSR count). The van der Waals surface area contributed by atoms with Crippen molar-refractivity contribution in [2.24, 2.45) is 0 Å². The number of rotatable bonds is 8. The first kappa shape index (κ1) is 36.9. The summed E-state index contributed by atoms with van der Waals surface area (Å²) in [6.45, 7) is -1.63. The molecule has 0 fully saturated rings. The molecule has 260 valence electrons. The van der Waals surface area contributed by atoms with Crippen molar-refractivity contribution in [1.82, 2.24) is 4.31 Å². The average molecular weight is 786 g/mol. The number of halogens is 3. The summed E-state index contributed by atoms with van der Waals surface area (Å²) in [6.07, 6.45) is 2.56. The summed E-state index contributed by atoms with van der Waals surface area (Å²) in [5, 5.41) is 13.0. The predicted octanol–water partition coefficient (Wildman–Crippen LogP) is 7.66. The number of methoxy groups -OCH3 is 1. The van der Waals surface area contributed by atoms with Crippen LogP contribution in [0.2, 0.25) is 15.1 Å². The Morgan fingerprint density at radius 2 is 1.21 bits per heavy atom. The molecule has 0 N–H and O–H groups in total. The van der Waals surface area contributed by atoms with Gasteiger partial charge >= 0.3 is 5.97 Å². The van der Waals surface area contributed by atoms with Crippen LogP contribution in [-0.4, -0.2) is 37.0 Å². The Labute approximate surface area is 317 Å². The first-order chi connectivity index (χ1) is 24.9. The fourth-order valence-corrected chi connectivity index (χ4v) is 12.4. The molecule has 0 saturated heterocycles. The zero-order valence-corrected chi connectivity index (χ0v) is 31.6. The van der Waals surface area contributed by atoms with Gasteiger partial charge in [0.2, 0.25) is 0 Å². The largest absolute Gasteiger partial charge is 0.466 e. The number of ether oxygens (including phenoxy) is 1. The quantitative estimate of drug-likeness (QED) is 0.0910. The monoisotopic (exact) mass is 784 g/mol. The molecule has 0 saturated carbocycles. The summed E-state index contributed by atoms with van der Waals surface area (Å²) < 4.78 is 35.5. The van der Waals surface area contributed by atoms with Gasteiger partial charge in [-0.05, 0) is 96.5 Å². The van der Waals surface area contributed by atoms with Crippen LogP contribution in [0, 0.1) is 18.3 Å². The number of nitrogens with zero attached hydrogens (tertiary/aromatic N) is 2. The minimum absolute atomic E-state index is 0.00789. The van der Waals surface area contributed by atoms with E-state index in [0.717, 1.165) is 15.9 Å². The third-order valence-corrected chi connectivity index (χ3v) is 15.3. The topological polar surface area (TPSA) is 105 Å². The standard InChI is InChI=1S/C40H28Cl3N2O5PS/c1-26-3-21-35(22-4-26)52(48,49)45-38(28-7-5-27(25-44)6-8-28)36(23-24-37(46)50-2)39(40(45)47)51(32-15-9-29(41)10-16-32,33-17-11-30(42)12-18-33)34-19-13-31(43)14-20-34/h3-24H,1-2H3/b24-23+. The maximum Gasteiger partial charge on any atom is 0.330 e. The van der Waals surface area contributed by atoms with Crippen molar-refractivity contribution in [3.05, 3.63) is 171 Å². The van der Waals surface area contributed by atoms with Gasteiger partial charge in [-0.3, -0.25) is 4.79 Å². The number of hydrogen-bond acceptors (Lipinski definition) is 6. The van der Waals surface area contributed by atoms with E-state index in [2.05, 4.69) is 6.07 Å². The second-order valence-corrected chi connectivity index (χ2v) is 18.1. The van der Waals surface area contributed by atoms with Crippen LogP contribution in [0.1, 0.15) is 16.7 Å². The number of aryl methyl sites for hydroxylation is 1. The van der Waals surface area contributed by atoms with E-state index in [0.29, 0.717) is 42.1 Å². The molecule has 0 aromatic heterocycles. The Hall–Kier alpha value is -4.87. The van der Waals surface area contributed by atoms with Crippen LogP contribution >= 0.6 is 41.7 Å². The number of carbonyl (C=O) groups is 2. The molecule has 1 heterocycles. The van der Waals surface area contributed by atoms with Crippen molar-refractivity contribution >= 4 is 90.5 Å². The van der Waals surface area contributed by atoms with Gasteiger partial charge < -0.3 is 4.74 Å². The highest BCUT2D eigenvalue weighted by Gasteiger charge is 2.48. The summed E-state index contributed by atoms with van der Waals surface area (Å²) in [6, 6.07) is 35.5. The molecule has 0 aliphatic carbocycles. The van der Waals surface area contributed by atoms with E-state index in [4.69, 9.17) is 39.5 Å². The molecule has 5 aromatic carbocycles. The first-order valence-corrected chi connectivity index (χ1v) is 20.0. The van der Waals surface area contributed by atoms with Crippen LogP contribution in [0.4, 0.5) is 0 Å². The smallest absolute Gasteiger partial charge is 0.330 e. The van der Waals surface area contributed by atoms with Gasteiger partial charge in [0.25, 0.3) is 15.9 Å². The number of allylic oxidation sites excluding steroid dienone is 1. The van der Waals surface area contributed by atoms with Crippen LogP contribution in [0.3, 0.4) is 0 Å². The van der Waals surface area contributed by atoms with Crippen molar-refractivity contribution in [3.8, 4) is 6.07 Å². The second-order valence-electron chi connectivity index (χ2n) is 11.6. The summed E-state index contributed by atoms with van der Waals surface area (Å²) in [7, 11) is -3.39. The summed E-state index contributed by atoms with van der Waals surface area (Å²) in [5.41, 5.74) is 1.60. The maximum atomic E-state index is 15.6. The lowest BCUT2D eigenvalue weighted by molar-refractivity contribution is -0.134. The van der Waals surface area contributed by atoms with Gasteiger partial charge in [-0.15, -0.1) is 0 Å². The van der Waals surface area contributed by atoms with E-state index >= 15 is 4.79 Å². The van der Waals surface area contributed by atoms with Gasteiger partial charge in [0.1, 0.15) is 0 Å². The summed E-state index contributed by atoms with van der Waals surface area (Å²) in [5.74, 6) is -1.57. The van der Waals surface area contributed by atoms with E-state index in [-0.39, 0.29) is 21.5 Å². The van der Waals surface area contributed by atoms with Crippen molar-refractivity contribution in [2.45, 2.75) is 11.8 Å². The van der Waals surface area contributed by atoms with Gasteiger partial charge in [-0.25, -0.2) is 13.2 Å².